The molecular formula is C59H63NO12. The normalized spacial score (nSPS) is 25.0. The molecule has 72 heavy (non-hydrogen) atoms. The fourth-order valence-corrected chi connectivity index (χ4v) is 11.2. The number of methoxy groups -OCH3 is 3. The molecule has 0 unspecified atom stereocenters. The number of nitrogens with one attached hydrogen (secondary N) is 1. The molecule has 2 N–H and O–H groups in total. The fraction of sp³-hybridized carbons (Fsp3) is 0.373. The van der Waals surface area contributed by atoms with Gasteiger partial charge in [-0.3, -0.25) is 4.79 Å². The molecular weight excluding hydrogens is 915 g/mol. The second-order valence-electron chi connectivity index (χ2n) is 19.1. The highest BCUT2D eigenvalue weighted by atomic mass is 16.7. The molecule has 9 atom stereocenters. The topological polar surface area (TPSA) is 142 Å². The highest BCUT2D eigenvalue weighted by molar-refractivity contribution is 5.79. The molecule has 13 heteroatoms. The summed E-state index contributed by atoms with van der Waals surface area (Å²) in [5, 5.41) is 17.4. The Labute approximate surface area is 421 Å². The van der Waals surface area contributed by atoms with E-state index < -0.39 is 35.7 Å². The quantitative estimate of drug-likeness (QED) is 0.0663. The number of fused-ring (bicyclic) bond motifs is 3. The minimum atomic E-state index is -1.46. The highest BCUT2D eigenvalue weighted by Crippen LogP contribution is 2.56. The lowest BCUT2D eigenvalue weighted by molar-refractivity contribution is -0.258. The van der Waals surface area contributed by atoms with Crippen LogP contribution in [0.15, 0.2) is 146 Å². The molecule has 2 aliphatic carbocycles. The lowest BCUT2D eigenvalue weighted by Crippen LogP contribution is -2.64. The van der Waals surface area contributed by atoms with Crippen molar-refractivity contribution in [2.24, 2.45) is 17.8 Å². The van der Waals surface area contributed by atoms with Gasteiger partial charge < -0.3 is 57.8 Å². The molecule has 13 nitrogen and oxygen atoms in total. The summed E-state index contributed by atoms with van der Waals surface area (Å²) in [7, 11) is 4.72. The van der Waals surface area contributed by atoms with Gasteiger partial charge in [-0.1, -0.05) is 121 Å². The third kappa shape index (κ3) is 10.5. The molecule has 2 fully saturated rings. The Balaban J connectivity index is 1.00. The van der Waals surface area contributed by atoms with Crippen molar-refractivity contribution in [1.82, 2.24) is 5.32 Å². The first-order valence-corrected chi connectivity index (χ1v) is 24.8. The third-order valence-electron chi connectivity index (χ3n) is 14.7. The van der Waals surface area contributed by atoms with Crippen molar-refractivity contribution in [1.29, 1.82) is 0 Å². The van der Waals surface area contributed by atoms with Crippen LogP contribution in [0.25, 0.3) is 0 Å². The van der Waals surface area contributed by atoms with Crippen LogP contribution in [0.4, 0.5) is 0 Å². The number of rotatable bonds is 21. The van der Waals surface area contributed by atoms with Crippen LogP contribution in [0.2, 0.25) is 0 Å². The van der Waals surface area contributed by atoms with Gasteiger partial charge in [0.15, 0.2) is 23.0 Å². The molecule has 6 aromatic carbocycles. The van der Waals surface area contributed by atoms with E-state index in [1.165, 1.54) is 0 Å². The van der Waals surface area contributed by atoms with Crippen LogP contribution < -0.4 is 29.0 Å². The van der Waals surface area contributed by atoms with Gasteiger partial charge >= 0.3 is 5.97 Å². The number of carbonyl (C=O) groups is 1. The average Bonchev–Trinajstić information content (AvgIpc) is 4.05. The zero-order valence-electron chi connectivity index (χ0n) is 41.0. The first-order chi connectivity index (χ1) is 35.3. The number of esters is 1. The molecule has 6 aromatic rings. The van der Waals surface area contributed by atoms with Crippen LogP contribution in [0, 0.1) is 17.8 Å². The van der Waals surface area contributed by atoms with E-state index in [1.807, 2.05) is 146 Å². The largest absolute Gasteiger partial charge is 0.493 e. The molecule has 376 valence electrons. The van der Waals surface area contributed by atoms with E-state index in [-0.39, 0.29) is 56.9 Å². The molecule has 10 rings (SSSR count). The van der Waals surface area contributed by atoms with Gasteiger partial charge in [-0.2, -0.15) is 0 Å². The van der Waals surface area contributed by atoms with Crippen LogP contribution in [0.5, 0.6) is 28.7 Å². The summed E-state index contributed by atoms with van der Waals surface area (Å²) in [5.74, 6) is 0.684. The van der Waals surface area contributed by atoms with E-state index in [0.29, 0.717) is 61.5 Å². The molecule has 0 bridgehead atoms. The lowest BCUT2D eigenvalue weighted by Gasteiger charge is -2.51. The molecule has 0 spiro atoms. The van der Waals surface area contributed by atoms with Gasteiger partial charge in [0.2, 0.25) is 12.5 Å². The number of hydrogen-bond acceptors (Lipinski definition) is 13. The number of aliphatic hydroxyl groups is 1. The van der Waals surface area contributed by atoms with E-state index >= 15 is 0 Å². The first-order valence-electron chi connectivity index (χ1n) is 24.8. The van der Waals surface area contributed by atoms with Crippen LogP contribution in [-0.2, 0) is 54.9 Å². The monoisotopic (exact) mass is 977 g/mol. The maximum Gasteiger partial charge on any atom is 0.310 e. The zero-order valence-corrected chi connectivity index (χ0v) is 41.0. The number of hydrogen-bond donors (Lipinski definition) is 2. The van der Waals surface area contributed by atoms with Crippen LogP contribution in [-0.4, -0.2) is 82.9 Å². The first kappa shape index (κ1) is 49.1. The van der Waals surface area contributed by atoms with Crippen molar-refractivity contribution in [3.05, 3.63) is 185 Å². The highest BCUT2D eigenvalue weighted by Gasteiger charge is 2.56. The predicted octanol–water partition coefficient (Wildman–Crippen LogP) is 9.12. The standard InChI is InChI=1S/C59H63NO12/c1-63-49-26-42(27-50(64-2)55(49)65-3)51-44-28-47-48(72-37-71-47)29-45(44)53(46-36-70-58(61)52(46)51)60-25-24-59(62)30-43(35-66-31-38-16-8-4-9-17-38)54(67-32-39-18-10-5-11-19-39)56(68-33-40-20-12-6-13-21-40)57(59)69-34-41-22-14-7-15-23-41/h4-23,26-29,43,46,51-54,56-57,60,62H,24-25,30-37H2,1-3H3/t43-,46+,51-,52+,53-,54-,56+,57-,59+/m1/s1. The van der Waals surface area contributed by atoms with E-state index in [4.69, 9.17) is 47.4 Å². The summed E-state index contributed by atoms with van der Waals surface area (Å²) in [6.07, 6.45) is -1.53. The molecule has 2 heterocycles. The molecule has 0 radical (unpaired) electrons. The Morgan fingerprint density at radius 1 is 0.625 bits per heavy atom. The summed E-state index contributed by atoms with van der Waals surface area (Å²) in [4.78, 5) is 14.1. The van der Waals surface area contributed by atoms with Gasteiger partial charge in [0.25, 0.3) is 0 Å². The fourth-order valence-electron chi connectivity index (χ4n) is 11.2. The molecule has 0 aromatic heterocycles. The van der Waals surface area contributed by atoms with Crippen molar-refractivity contribution in [3.8, 4) is 28.7 Å². The lowest BCUT2D eigenvalue weighted by atomic mass is 9.65. The zero-order chi connectivity index (χ0) is 49.4. The Hall–Kier alpha value is -6.45. The van der Waals surface area contributed by atoms with Gasteiger partial charge in [0.1, 0.15) is 12.2 Å². The van der Waals surface area contributed by atoms with Crippen molar-refractivity contribution in [3.63, 3.8) is 0 Å². The summed E-state index contributed by atoms with van der Waals surface area (Å²) >= 11 is 0. The Bertz CT molecular complexity index is 2700. The van der Waals surface area contributed by atoms with E-state index in [2.05, 4.69) is 5.32 Å². The number of benzene rings is 6. The van der Waals surface area contributed by atoms with E-state index in [1.54, 1.807) is 21.3 Å². The van der Waals surface area contributed by atoms with Crippen molar-refractivity contribution in [2.75, 3.05) is 47.9 Å². The van der Waals surface area contributed by atoms with Crippen LogP contribution in [0.3, 0.4) is 0 Å². The minimum Gasteiger partial charge on any atom is -0.493 e. The molecule has 2 aliphatic heterocycles. The summed E-state index contributed by atoms with van der Waals surface area (Å²) in [6, 6.07) is 47.6. The van der Waals surface area contributed by atoms with Crippen LogP contribution >= 0.6 is 0 Å². The van der Waals surface area contributed by atoms with Gasteiger partial charge in [0, 0.05) is 23.8 Å². The summed E-state index contributed by atoms with van der Waals surface area (Å²) < 4.78 is 62.7. The van der Waals surface area contributed by atoms with E-state index in [0.717, 1.165) is 38.9 Å². The average molecular weight is 978 g/mol. The van der Waals surface area contributed by atoms with Gasteiger partial charge in [-0.15, -0.1) is 0 Å². The maximum atomic E-state index is 14.1. The van der Waals surface area contributed by atoms with E-state index in [9.17, 15) is 9.90 Å². The number of ether oxygens (including phenoxy) is 10. The molecule has 4 aliphatic rings. The molecule has 1 saturated carbocycles. The predicted molar refractivity (Wildman–Crippen MR) is 268 cm³/mol. The van der Waals surface area contributed by atoms with Crippen molar-refractivity contribution < 1.29 is 57.3 Å². The van der Waals surface area contributed by atoms with Crippen molar-refractivity contribution >= 4 is 5.97 Å². The Morgan fingerprint density at radius 2 is 1.15 bits per heavy atom. The number of carbonyl (C=O) groups excluding carboxylic acids is 1. The SMILES string of the molecule is COc1cc([C@@H]2c3cc4c(cc3[C@@H](NCC[C@]3(O)C[C@H](COCc5ccccc5)[C@@H](OCc5ccccc5)[C@H](OCc5ccccc5)[C@H]3OCc3ccccc3)[C@H]3COC(=O)[C@H]23)OCO4)cc(OC)c1OC. The van der Waals surface area contributed by atoms with Gasteiger partial charge in [0.05, 0.1) is 78.6 Å². The molecule has 0 amide bonds. The maximum absolute atomic E-state index is 14.1. The Morgan fingerprint density at radius 3 is 1.71 bits per heavy atom. The van der Waals surface area contributed by atoms with Gasteiger partial charge in [-0.05, 0) is 82.6 Å². The Kier molecular flexibility index (Phi) is 15.4. The van der Waals surface area contributed by atoms with Crippen LogP contribution in [0.1, 0.15) is 63.7 Å². The second kappa shape index (κ2) is 22.5. The second-order valence-corrected chi connectivity index (χ2v) is 19.1. The number of cyclic esters (lactones) is 1. The van der Waals surface area contributed by atoms with Gasteiger partial charge in [-0.25, -0.2) is 0 Å². The minimum absolute atomic E-state index is 0.0806. The smallest absolute Gasteiger partial charge is 0.310 e. The summed E-state index contributed by atoms with van der Waals surface area (Å²) in [6.45, 7) is 2.15. The molecule has 1 saturated heterocycles. The van der Waals surface area contributed by atoms with Crippen molar-refractivity contribution in [2.45, 2.75) is 75.1 Å². The summed E-state index contributed by atoms with van der Waals surface area (Å²) in [5.41, 5.74) is 5.19. The third-order valence-corrected chi connectivity index (χ3v) is 14.7.